The second-order valence-corrected chi connectivity index (χ2v) is 5.18. The highest BCUT2D eigenvalue weighted by Gasteiger charge is 2.13. The summed E-state index contributed by atoms with van der Waals surface area (Å²) in [7, 11) is 0. The van der Waals surface area contributed by atoms with Crippen molar-refractivity contribution in [2.45, 2.75) is 0 Å². The lowest BCUT2D eigenvalue weighted by molar-refractivity contribution is 0.0686. The van der Waals surface area contributed by atoms with Crippen molar-refractivity contribution in [3.8, 4) is 0 Å². The van der Waals surface area contributed by atoms with Gasteiger partial charge in [0, 0.05) is 22.5 Å². The van der Waals surface area contributed by atoms with Crippen molar-refractivity contribution in [1.29, 1.82) is 0 Å². The topological polar surface area (TPSA) is 109 Å². The molecule has 0 aliphatic carbocycles. The third-order valence-corrected chi connectivity index (χ3v) is 3.65. The molecule has 3 rings (SSSR count). The summed E-state index contributed by atoms with van der Waals surface area (Å²) in [4.78, 5) is 35.1. The summed E-state index contributed by atoms with van der Waals surface area (Å²) in [5.74, 6) is -2.31. The Morgan fingerprint density at radius 3 is 2.16 bits per heavy atom. The third kappa shape index (κ3) is 3.02. The van der Waals surface area contributed by atoms with Gasteiger partial charge in [0.15, 0.2) is 0 Å². The number of hydrogen-bond acceptors (Lipinski definition) is 4. The van der Waals surface area contributed by atoms with E-state index in [2.05, 4.69) is 5.10 Å². The molecule has 0 fully saturated rings. The number of fused-ring (bicyclic) bond motifs is 1. The molecule has 2 aromatic carbocycles. The van der Waals surface area contributed by atoms with E-state index in [9.17, 15) is 19.5 Å². The van der Waals surface area contributed by atoms with Gasteiger partial charge in [-0.3, -0.25) is 4.79 Å². The standard InChI is InChI=1S/C18H12N2O5/c21-16-14-8-4-3-7-13(14)15(18(24)25)10-20(16)19-9-11-5-1-2-6-12(11)17(22)23/h1-10H,(H,22,23)(H,24,25)/b19-9+. The van der Waals surface area contributed by atoms with Crippen molar-refractivity contribution >= 4 is 28.9 Å². The Morgan fingerprint density at radius 2 is 1.48 bits per heavy atom. The molecule has 0 radical (unpaired) electrons. The van der Waals surface area contributed by atoms with Gasteiger partial charge in [0.25, 0.3) is 5.56 Å². The molecule has 2 N–H and O–H groups in total. The van der Waals surface area contributed by atoms with E-state index in [1.54, 1.807) is 30.3 Å². The van der Waals surface area contributed by atoms with Crippen LogP contribution in [0, 0.1) is 0 Å². The minimum atomic E-state index is -1.19. The molecule has 0 amide bonds. The summed E-state index contributed by atoms with van der Waals surface area (Å²) in [6.07, 6.45) is 2.33. The zero-order chi connectivity index (χ0) is 18.0. The Balaban J connectivity index is 2.17. The largest absolute Gasteiger partial charge is 0.478 e. The van der Waals surface area contributed by atoms with Crippen LogP contribution in [0.4, 0.5) is 0 Å². The molecule has 0 bridgehead atoms. The van der Waals surface area contributed by atoms with Gasteiger partial charge in [-0.25, -0.2) is 14.3 Å². The van der Waals surface area contributed by atoms with Gasteiger partial charge in [-0.2, -0.15) is 5.10 Å². The van der Waals surface area contributed by atoms with Gasteiger partial charge in [0.05, 0.1) is 17.3 Å². The van der Waals surface area contributed by atoms with E-state index < -0.39 is 17.5 Å². The number of benzene rings is 2. The minimum absolute atomic E-state index is 0.0264. The summed E-state index contributed by atoms with van der Waals surface area (Å²) < 4.78 is 0.893. The van der Waals surface area contributed by atoms with Crippen LogP contribution < -0.4 is 5.56 Å². The fourth-order valence-electron chi connectivity index (χ4n) is 2.46. The molecule has 124 valence electrons. The van der Waals surface area contributed by atoms with E-state index in [4.69, 9.17) is 5.11 Å². The number of aromatic nitrogens is 1. The van der Waals surface area contributed by atoms with E-state index in [-0.39, 0.29) is 16.5 Å². The van der Waals surface area contributed by atoms with E-state index in [0.717, 1.165) is 10.9 Å². The molecule has 0 spiro atoms. The summed E-state index contributed by atoms with van der Waals surface area (Å²) in [5.41, 5.74) is -0.242. The van der Waals surface area contributed by atoms with Crippen molar-refractivity contribution in [2.75, 3.05) is 0 Å². The maximum Gasteiger partial charge on any atom is 0.337 e. The van der Waals surface area contributed by atoms with E-state index in [1.807, 2.05) is 0 Å². The van der Waals surface area contributed by atoms with Gasteiger partial charge in [0.2, 0.25) is 0 Å². The third-order valence-electron chi connectivity index (χ3n) is 3.65. The highest BCUT2D eigenvalue weighted by Crippen LogP contribution is 2.15. The molecule has 0 aliphatic heterocycles. The highest BCUT2D eigenvalue weighted by atomic mass is 16.4. The minimum Gasteiger partial charge on any atom is -0.478 e. The van der Waals surface area contributed by atoms with Crippen LogP contribution in [0.3, 0.4) is 0 Å². The fraction of sp³-hybridized carbons (Fsp3) is 0. The molecule has 7 nitrogen and oxygen atoms in total. The number of hydrogen-bond donors (Lipinski definition) is 2. The number of aromatic carboxylic acids is 2. The first-order valence-corrected chi connectivity index (χ1v) is 7.23. The van der Waals surface area contributed by atoms with Gasteiger partial charge in [-0.15, -0.1) is 0 Å². The monoisotopic (exact) mass is 336 g/mol. The van der Waals surface area contributed by atoms with Crippen molar-refractivity contribution in [3.63, 3.8) is 0 Å². The predicted octanol–water partition coefficient (Wildman–Crippen LogP) is 2.28. The molecule has 3 aromatic rings. The zero-order valence-electron chi connectivity index (χ0n) is 12.8. The number of rotatable bonds is 4. The molecular weight excluding hydrogens is 324 g/mol. The number of pyridine rings is 1. The molecule has 7 heteroatoms. The number of nitrogens with zero attached hydrogens (tertiary/aromatic N) is 2. The smallest absolute Gasteiger partial charge is 0.337 e. The normalized spacial score (nSPS) is 11.0. The molecular formula is C18H12N2O5. The van der Waals surface area contributed by atoms with Gasteiger partial charge < -0.3 is 10.2 Å². The zero-order valence-corrected chi connectivity index (χ0v) is 12.8. The van der Waals surface area contributed by atoms with Gasteiger partial charge in [-0.05, 0) is 12.1 Å². The van der Waals surface area contributed by atoms with E-state index in [0.29, 0.717) is 10.9 Å². The average Bonchev–Trinajstić information content (AvgIpc) is 2.61. The lowest BCUT2D eigenvalue weighted by Crippen LogP contribution is -2.19. The molecule has 0 unspecified atom stereocenters. The molecule has 1 aromatic heterocycles. The van der Waals surface area contributed by atoms with Crippen molar-refractivity contribution in [3.05, 3.63) is 81.8 Å². The quantitative estimate of drug-likeness (QED) is 0.710. The van der Waals surface area contributed by atoms with Gasteiger partial charge in [0.1, 0.15) is 0 Å². The van der Waals surface area contributed by atoms with Gasteiger partial charge >= 0.3 is 11.9 Å². The number of carboxylic acids is 2. The summed E-state index contributed by atoms with van der Waals surface area (Å²) in [6, 6.07) is 12.5. The molecule has 25 heavy (non-hydrogen) atoms. The predicted molar refractivity (Wildman–Crippen MR) is 91.6 cm³/mol. The fourth-order valence-corrected chi connectivity index (χ4v) is 2.46. The molecule has 0 atom stereocenters. The SMILES string of the molecule is O=C(O)c1ccccc1/C=N/n1cc(C(=O)O)c2ccccc2c1=O. The summed E-state index contributed by atoms with van der Waals surface area (Å²) >= 11 is 0. The average molecular weight is 336 g/mol. The lowest BCUT2D eigenvalue weighted by Gasteiger charge is -2.06. The Morgan fingerprint density at radius 1 is 0.880 bits per heavy atom. The van der Waals surface area contributed by atoms with E-state index in [1.165, 1.54) is 24.4 Å². The van der Waals surface area contributed by atoms with Gasteiger partial charge in [-0.1, -0.05) is 36.4 Å². The van der Waals surface area contributed by atoms with Crippen LogP contribution in [0.2, 0.25) is 0 Å². The first kappa shape index (κ1) is 16.1. The molecule has 0 aliphatic rings. The first-order valence-electron chi connectivity index (χ1n) is 7.23. The summed E-state index contributed by atoms with van der Waals surface area (Å²) in [6.45, 7) is 0. The van der Waals surface area contributed by atoms with Crippen molar-refractivity contribution < 1.29 is 19.8 Å². The highest BCUT2D eigenvalue weighted by molar-refractivity contribution is 6.03. The first-order chi connectivity index (χ1) is 12.0. The van der Waals surface area contributed by atoms with Crippen molar-refractivity contribution in [2.24, 2.45) is 5.10 Å². The summed E-state index contributed by atoms with van der Waals surface area (Å²) in [5, 5.41) is 23.0. The maximum atomic E-state index is 12.5. The number of carboxylic acid groups (broad SMARTS) is 2. The lowest BCUT2D eigenvalue weighted by atomic mass is 10.1. The Kier molecular flexibility index (Phi) is 4.13. The maximum absolute atomic E-state index is 12.5. The second-order valence-electron chi connectivity index (χ2n) is 5.18. The van der Waals surface area contributed by atoms with E-state index >= 15 is 0 Å². The Labute approximate surface area is 141 Å². The van der Waals surface area contributed by atoms with Crippen LogP contribution in [-0.2, 0) is 0 Å². The Bertz CT molecular complexity index is 1080. The van der Waals surface area contributed by atoms with Crippen LogP contribution in [0.5, 0.6) is 0 Å². The van der Waals surface area contributed by atoms with Crippen LogP contribution in [0.1, 0.15) is 26.3 Å². The number of carbonyl (C=O) groups is 2. The Hall–Kier alpha value is -3.74. The molecule has 0 saturated heterocycles. The molecule has 0 saturated carbocycles. The van der Waals surface area contributed by atoms with Crippen molar-refractivity contribution in [1.82, 2.24) is 4.68 Å². The second kappa shape index (κ2) is 6.40. The van der Waals surface area contributed by atoms with Crippen LogP contribution >= 0.6 is 0 Å². The van der Waals surface area contributed by atoms with Crippen LogP contribution in [-0.4, -0.2) is 33.0 Å². The van der Waals surface area contributed by atoms with Crippen LogP contribution in [0.25, 0.3) is 10.8 Å². The van der Waals surface area contributed by atoms with Crippen LogP contribution in [0.15, 0.2) is 64.6 Å². The molecule has 1 heterocycles.